The number of nitrogens with zero attached hydrogens (tertiary/aromatic N) is 3. The molecule has 0 bridgehead atoms. The number of benzene rings is 1. The first-order valence-electron chi connectivity index (χ1n) is 10.5. The van der Waals surface area contributed by atoms with Crippen molar-refractivity contribution in [2.75, 3.05) is 18.5 Å². The summed E-state index contributed by atoms with van der Waals surface area (Å²) in [5, 5.41) is 12.3. The van der Waals surface area contributed by atoms with Gasteiger partial charge in [0, 0.05) is 11.8 Å². The van der Waals surface area contributed by atoms with Crippen LogP contribution in [-0.4, -0.2) is 44.2 Å². The Morgan fingerprint density at radius 1 is 1.15 bits per heavy atom. The fourth-order valence-electron chi connectivity index (χ4n) is 3.47. The van der Waals surface area contributed by atoms with E-state index in [0.29, 0.717) is 41.0 Å². The number of aliphatic carboxylic acids is 1. The number of carboxylic acids is 1. The van der Waals surface area contributed by atoms with Gasteiger partial charge in [-0.1, -0.05) is 0 Å². The Morgan fingerprint density at radius 2 is 1.94 bits per heavy atom. The molecule has 11 heteroatoms. The molecular weight excluding hydrogens is 445 g/mol. The Balaban J connectivity index is 1.46. The van der Waals surface area contributed by atoms with Crippen molar-refractivity contribution in [1.82, 2.24) is 19.9 Å². The Bertz CT molecular complexity index is 1270. The predicted octanol–water partition coefficient (Wildman–Crippen LogP) is 3.62. The number of anilines is 1. The molecule has 4 aromatic rings. The van der Waals surface area contributed by atoms with Gasteiger partial charge in [0.2, 0.25) is 12.2 Å². The SMILES string of the molecule is O=C(O)C1COC(c2nc(-c3ccc(F)cc3)c(-c3ccnc(NCc4ccco4)n3)[nH]2)OC1. The molecule has 0 unspecified atom stereocenters. The van der Waals surface area contributed by atoms with Gasteiger partial charge >= 0.3 is 5.97 Å². The quantitative estimate of drug-likeness (QED) is 0.374. The summed E-state index contributed by atoms with van der Waals surface area (Å²) in [6.45, 7) is 0.399. The number of halogens is 1. The summed E-state index contributed by atoms with van der Waals surface area (Å²) in [5.41, 5.74) is 2.26. The number of imidazole rings is 1. The van der Waals surface area contributed by atoms with E-state index in [0.717, 1.165) is 5.76 Å². The van der Waals surface area contributed by atoms with Crippen molar-refractivity contribution < 1.29 is 28.2 Å². The van der Waals surface area contributed by atoms with Crippen LogP contribution in [0.25, 0.3) is 22.6 Å². The molecule has 3 N–H and O–H groups in total. The lowest BCUT2D eigenvalue weighted by atomic mass is 10.1. The third-order valence-electron chi connectivity index (χ3n) is 5.22. The summed E-state index contributed by atoms with van der Waals surface area (Å²) in [7, 11) is 0. The van der Waals surface area contributed by atoms with E-state index in [1.807, 2.05) is 6.07 Å². The van der Waals surface area contributed by atoms with E-state index in [1.54, 1.807) is 36.7 Å². The van der Waals surface area contributed by atoms with Gasteiger partial charge in [-0.2, -0.15) is 0 Å². The molecule has 0 saturated carbocycles. The number of hydrogen-bond donors (Lipinski definition) is 3. The first-order chi connectivity index (χ1) is 16.6. The molecule has 5 rings (SSSR count). The molecule has 1 saturated heterocycles. The zero-order valence-electron chi connectivity index (χ0n) is 17.8. The van der Waals surface area contributed by atoms with Crippen LogP contribution in [0.15, 0.2) is 59.3 Å². The topological polar surface area (TPSA) is 135 Å². The van der Waals surface area contributed by atoms with Crippen LogP contribution < -0.4 is 5.32 Å². The Kier molecular flexibility index (Phi) is 6.02. The lowest BCUT2D eigenvalue weighted by Crippen LogP contribution is -2.32. The van der Waals surface area contributed by atoms with Crippen molar-refractivity contribution in [1.29, 1.82) is 0 Å². The minimum Gasteiger partial charge on any atom is -0.481 e. The maximum Gasteiger partial charge on any atom is 0.311 e. The number of ether oxygens (including phenoxy) is 2. The van der Waals surface area contributed by atoms with Crippen LogP contribution in [0.1, 0.15) is 17.9 Å². The molecule has 0 radical (unpaired) electrons. The zero-order valence-corrected chi connectivity index (χ0v) is 17.8. The summed E-state index contributed by atoms with van der Waals surface area (Å²) < 4.78 is 30.0. The molecule has 4 heterocycles. The molecule has 0 amide bonds. The molecule has 0 spiro atoms. The smallest absolute Gasteiger partial charge is 0.311 e. The number of hydrogen-bond acceptors (Lipinski definition) is 8. The largest absolute Gasteiger partial charge is 0.481 e. The molecule has 0 aliphatic carbocycles. The number of carboxylic acid groups (broad SMARTS) is 1. The summed E-state index contributed by atoms with van der Waals surface area (Å²) >= 11 is 0. The van der Waals surface area contributed by atoms with Crippen molar-refractivity contribution in [2.24, 2.45) is 5.92 Å². The van der Waals surface area contributed by atoms with Gasteiger partial charge in [0.25, 0.3) is 0 Å². The minimum atomic E-state index is -0.985. The monoisotopic (exact) mass is 465 g/mol. The van der Waals surface area contributed by atoms with Crippen LogP contribution >= 0.6 is 0 Å². The lowest BCUT2D eigenvalue weighted by Gasteiger charge is -2.25. The Labute approximate surface area is 192 Å². The van der Waals surface area contributed by atoms with Crippen LogP contribution in [0, 0.1) is 11.7 Å². The minimum absolute atomic E-state index is 0.00370. The number of aromatic nitrogens is 4. The highest BCUT2D eigenvalue weighted by molar-refractivity contribution is 5.77. The summed E-state index contributed by atoms with van der Waals surface area (Å²) in [5.74, 6) is -0.637. The second kappa shape index (κ2) is 9.41. The molecule has 1 aliphatic heterocycles. The van der Waals surface area contributed by atoms with Gasteiger partial charge in [0.05, 0.1) is 43.1 Å². The normalized spacial score (nSPS) is 18.0. The van der Waals surface area contributed by atoms with E-state index >= 15 is 0 Å². The van der Waals surface area contributed by atoms with Crippen molar-refractivity contribution in [3.63, 3.8) is 0 Å². The van der Waals surface area contributed by atoms with Gasteiger partial charge in [-0.3, -0.25) is 4.79 Å². The van der Waals surface area contributed by atoms with Crippen molar-refractivity contribution in [3.8, 4) is 22.6 Å². The van der Waals surface area contributed by atoms with E-state index in [2.05, 4.69) is 25.3 Å². The third-order valence-corrected chi connectivity index (χ3v) is 5.22. The molecule has 10 nitrogen and oxygen atoms in total. The summed E-state index contributed by atoms with van der Waals surface area (Å²) in [6.07, 6.45) is 2.32. The molecule has 0 atom stereocenters. The number of H-pyrrole nitrogens is 1. The molecular formula is C23H20FN5O5. The van der Waals surface area contributed by atoms with E-state index in [4.69, 9.17) is 19.0 Å². The average Bonchev–Trinajstić information content (AvgIpc) is 3.54. The molecule has 174 valence electrons. The molecule has 3 aromatic heterocycles. The molecule has 1 fully saturated rings. The van der Waals surface area contributed by atoms with E-state index < -0.39 is 18.2 Å². The highest BCUT2D eigenvalue weighted by Crippen LogP contribution is 2.33. The van der Waals surface area contributed by atoms with Crippen LogP contribution in [0.3, 0.4) is 0 Å². The van der Waals surface area contributed by atoms with Crippen LogP contribution in [-0.2, 0) is 20.8 Å². The molecule has 1 aromatic carbocycles. The Hall–Kier alpha value is -4.09. The van der Waals surface area contributed by atoms with Crippen LogP contribution in [0.5, 0.6) is 0 Å². The number of carbonyl (C=O) groups is 1. The van der Waals surface area contributed by atoms with Gasteiger partial charge in [-0.05, 0) is 42.5 Å². The average molecular weight is 465 g/mol. The van der Waals surface area contributed by atoms with Crippen molar-refractivity contribution in [3.05, 3.63) is 72.3 Å². The second-order valence-electron chi connectivity index (χ2n) is 7.58. The number of nitrogens with one attached hydrogen (secondary N) is 2. The van der Waals surface area contributed by atoms with Crippen LogP contribution in [0.4, 0.5) is 10.3 Å². The highest BCUT2D eigenvalue weighted by Gasteiger charge is 2.31. The van der Waals surface area contributed by atoms with E-state index in [9.17, 15) is 9.18 Å². The van der Waals surface area contributed by atoms with Crippen molar-refractivity contribution in [2.45, 2.75) is 12.8 Å². The van der Waals surface area contributed by atoms with Crippen molar-refractivity contribution >= 4 is 11.9 Å². The number of furan rings is 1. The standard InChI is InChI=1S/C23H20FN5O5/c24-15-5-3-13(4-6-15)18-19(29-20(28-18)22-33-11-14(12-34-22)21(30)31)17-7-8-25-23(27-17)26-10-16-2-1-9-32-16/h1-9,14,22H,10-12H2,(H,28,29)(H,30,31)(H,25,26,27). The fraction of sp³-hybridized carbons (Fsp3) is 0.217. The Morgan fingerprint density at radius 3 is 2.65 bits per heavy atom. The maximum atomic E-state index is 13.5. The fourth-order valence-corrected chi connectivity index (χ4v) is 3.47. The zero-order chi connectivity index (χ0) is 23.5. The molecule has 1 aliphatic rings. The number of rotatable bonds is 7. The first-order valence-corrected chi connectivity index (χ1v) is 10.5. The summed E-state index contributed by atoms with van der Waals surface area (Å²) in [4.78, 5) is 27.8. The van der Waals surface area contributed by atoms with E-state index in [-0.39, 0.29) is 19.0 Å². The van der Waals surface area contributed by atoms with Crippen LogP contribution in [0.2, 0.25) is 0 Å². The van der Waals surface area contributed by atoms with Gasteiger partial charge in [-0.25, -0.2) is 19.3 Å². The molecule has 34 heavy (non-hydrogen) atoms. The maximum absolute atomic E-state index is 13.5. The van der Waals surface area contributed by atoms with Gasteiger partial charge in [-0.15, -0.1) is 0 Å². The van der Waals surface area contributed by atoms with E-state index in [1.165, 1.54) is 12.1 Å². The lowest BCUT2D eigenvalue weighted by molar-refractivity contribution is -0.214. The predicted molar refractivity (Wildman–Crippen MR) is 117 cm³/mol. The number of aromatic amines is 1. The summed E-state index contributed by atoms with van der Waals surface area (Å²) in [6, 6.07) is 11.3. The van der Waals surface area contributed by atoms with Gasteiger partial charge < -0.3 is 29.3 Å². The van der Waals surface area contributed by atoms with Gasteiger partial charge in [0.15, 0.2) is 5.82 Å². The third kappa shape index (κ3) is 4.65. The second-order valence-corrected chi connectivity index (χ2v) is 7.58. The first kappa shape index (κ1) is 21.7. The van der Waals surface area contributed by atoms with Gasteiger partial charge in [0.1, 0.15) is 17.5 Å². The highest BCUT2D eigenvalue weighted by atomic mass is 19.1.